The molecule has 0 bridgehead atoms. The van der Waals surface area contributed by atoms with Crippen molar-refractivity contribution in [2.24, 2.45) is 0 Å². The van der Waals surface area contributed by atoms with Gasteiger partial charge in [-0.05, 0) is 0 Å². The van der Waals surface area contributed by atoms with Gasteiger partial charge in [-0.1, -0.05) is 0 Å². The fourth-order valence-electron chi connectivity index (χ4n) is 0. The van der Waals surface area contributed by atoms with Crippen LogP contribution in [0.3, 0.4) is 0 Å². The maximum Gasteiger partial charge on any atom is 0 e. The van der Waals surface area contributed by atoms with Gasteiger partial charge in [0.05, 0.1) is 0 Å². The SMILES string of the molecule is [B].[Cu].[Fe].[Nd].[Ni].[Ni]. The molecule has 0 aliphatic rings. The number of hydrogen-bond donors (Lipinski definition) is 0. The predicted octanol–water partition coefficient (Wildman–Crippen LogP) is -0.391. The van der Waals surface area contributed by atoms with Crippen LogP contribution in [0.1, 0.15) is 0 Å². The van der Waals surface area contributed by atoms with Gasteiger partial charge in [0.2, 0.25) is 0 Å². The van der Waals surface area contributed by atoms with E-state index in [9.17, 15) is 0 Å². The Kier molecular flexibility index (Phi) is 374. The summed E-state index contributed by atoms with van der Waals surface area (Å²) in [7, 11) is 0. The second kappa shape index (κ2) is 39.5. The topological polar surface area (TPSA) is 0 Å². The Morgan fingerprint density at radius 1 is 0.833 bits per heavy atom. The van der Waals surface area contributed by atoms with Crippen LogP contribution >= 0.6 is 0 Å². The van der Waals surface area contributed by atoms with E-state index in [4.69, 9.17) is 0 Å². The molecule has 0 rings (SSSR count). The molecular formula is BCuFeNdNi2. The molecule has 46 valence electrons. The Morgan fingerprint density at radius 3 is 0.833 bits per heavy atom. The Bertz CT molecular complexity index is 13.5. The summed E-state index contributed by atoms with van der Waals surface area (Å²) in [5, 5.41) is 0. The first-order chi connectivity index (χ1) is 0. The molecule has 0 saturated carbocycles. The summed E-state index contributed by atoms with van der Waals surface area (Å²) in [6.07, 6.45) is 0. The molecular weight excluding hydrogens is 392 g/mol. The number of rotatable bonds is 0. The van der Waals surface area contributed by atoms with E-state index in [0.29, 0.717) is 0 Å². The van der Waals surface area contributed by atoms with Crippen LogP contribution < -0.4 is 0 Å². The standard InChI is InChI=1S/B.Cu.Fe.Nd.2Ni. The van der Waals surface area contributed by atoms with Crippen LogP contribution in [0.25, 0.3) is 0 Å². The van der Waals surface area contributed by atoms with Crippen LogP contribution in [0, 0.1) is 40.8 Å². The van der Waals surface area contributed by atoms with Gasteiger partial charge < -0.3 is 0 Å². The van der Waals surface area contributed by atoms with Crippen molar-refractivity contribution in [2.45, 2.75) is 0 Å². The minimum Gasteiger partial charge on any atom is 0 e. The van der Waals surface area contributed by atoms with Gasteiger partial charge in [0.1, 0.15) is 0 Å². The van der Waals surface area contributed by atoms with E-state index in [0.717, 1.165) is 0 Å². The van der Waals surface area contributed by atoms with Crippen LogP contribution in [0.4, 0.5) is 0 Å². The first-order valence-electron chi connectivity index (χ1n) is 0. The van der Waals surface area contributed by atoms with Crippen LogP contribution in [0.2, 0.25) is 0 Å². The zero-order valence-electron chi connectivity index (χ0n) is 2.36. The van der Waals surface area contributed by atoms with Crippen molar-refractivity contribution in [3.05, 3.63) is 0 Å². The predicted molar refractivity (Wildman–Crippen MR) is 5.75 cm³/mol. The molecule has 0 spiro atoms. The van der Waals surface area contributed by atoms with Gasteiger partial charge in [-0.15, -0.1) is 0 Å². The second-order valence-electron chi connectivity index (χ2n) is 0. The molecule has 6 heavy (non-hydrogen) atoms. The Labute approximate surface area is 114 Å². The van der Waals surface area contributed by atoms with Crippen molar-refractivity contribution in [3.63, 3.8) is 0 Å². The van der Waals surface area contributed by atoms with Gasteiger partial charge in [0, 0.05) is 116 Å². The van der Waals surface area contributed by atoms with Gasteiger partial charge in [-0.2, -0.15) is 0 Å². The molecule has 6 heteroatoms. The van der Waals surface area contributed by atoms with Crippen LogP contribution in [-0.2, 0) is 67.1 Å². The normalized spacial score (nSPS) is 0. The van der Waals surface area contributed by atoms with Gasteiger partial charge in [0.25, 0.3) is 0 Å². The van der Waals surface area contributed by atoms with Crippen molar-refractivity contribution in [1.29, 1.82) is 0 Å². The molecule has 0 saturated heterocycles. The van der Waals surface area contributed by atoms with Crippen LogP contribution in [0.15, 0.2) is 0 Å². The molecule has 0 aliphatic carbocycles. The largest absolute Gasteiger partial charge is 0 e. The Balaban J connectivity index is 0. The summed E-state index contributed by atoms with van der Waals surface area (Å²) in [5.41, 5.74) is 0. The summed E-state index contributed by atoms with van der Waals surface area (Å²) < 4.78 is 0. The third-order valence-electron chi connectivity index (χ3n) is 0. The van der Waals surface area contributed by atoms with E-state index in [1.165, 1.54) is 0 Å². The van der Waals surface area contributed by atoms with Crippen LogP contribution in [0.5, 0.6) is 0 Å². The molecule has 0 aromatic heterocycles. The minimum atomic E-state index is 0. The maximum absolute atomic E-state index is 0. The molecule has 0 heterocycles. The molecule has 0 aromatic carbocycles. The van der Waals surface area contributed by atoms with Crippen molar-refractivity contribution >= 4 is 8.41 Å². The van der Waals surface area contributed by atoms with E-state index in [1.807, 2.05) is 0 Å². The van der Waals surface area contributed by atoms with Gasteiger partial charge in [-0.25, -0.2) is 0 Å². The zero-order chi connectivity index (χ0) is 0. The van der Waals surface area contributed by atoms with E-state index in [-0.39, 0.29) is 116 Å². The van der Waals surface area contributed by atoms with Gasteiger partial charge in [-0.3, -0.25) is 0 Å². The first kappa shape index (κ1) is 56.8. The molecule has 4 radical (unpaired) electrons. The van der Waals surface area contributed by atoms with Gasteiger partial charge >= 0.3 is 0 Å². The fourth-order valence-corrected chi connectivity index (χ4v) is 0. The number of hydrogen-bond acceptors (Lipinski definition) is 0. The Morgan fingerprint density at radius 2 is 0.833 bits per heavy atom. The molecule has 0 aromatic rings. The molecule has 0 amide bonds. The summed E-state index contributed by atoms with van der Waals surface area (Å²) >= 11 is 0. The van der Waals surface area contributed by atoms with Crippen molar-refractivity contribution in [2.75, 3.05) is 0 Å². The molecule has 0 nitrogen and oxygen atoms in total. The van der Waals surface area contributed by atoms with Crippen molar-refractivity contribution in [3.8, 4) is 0 Å². The summed E-state index contributed by atoms with van der Waals surface area (Å²) in [5.74, 6) is 0. The van der Waals surface area contributed by atoms with Crippen molar-refractivity contribution in [1.82, 2.24) is 0 Å². The van der Waals surface area contributed by atoms with E-state index in [1.54, 1.807) is 0 Å². The maximum atomic E-state index is 0. The molecule has 0 unspecified atom stereocenters. The van der Waals surface area contributed by atoms with Crippen molar-refractivity contribution < 1.29 is 108 Å². The Hall–Kier alpha value is 3.44. The third-order valence-corrected chi connectivity index (χ3v) is 0. The first-order valence-corrected chi connectivity index (χ1v) is 0. The monoisotopic (exact) mass is 388 g/mol. The fraction of sp³-hybridized carbons (Fsp3) is 0. The third kappa shape index (κ3) is 26.1. The van der Waals surface area contributed by atoms with Crippen LogP contribution in [-0.4, -0.2) is 8.41 Å². The van der Waals surface area contributed by atoms with E-state index >= 15 is 0 Å². The molecule has 0 N–H and O–H groups in total. The summed E-state index contributed by atoms with van der Waals surface area (Å²) in [6, 6.07) is 0. The van der Waals surface area contributed by atoms with E-state index in [2.05, 4.69) is 0 Å². The molecule has 0 fully saturated rings. The average molecular weight is 392 g/mol. The molecule has 0 atom stereocenters. The summed E-state index contributed by atoms with van der Waals surface area (Å²) in [6.45, 7) is 0. The molecule has 0 aliphatic heterocycles. The summed E-state index contributed by atoms with van der Waals surface area (Å²) in [4.78, 5) is 0. The van der Waals surface area contributed by atoms with Gasteiger partial charge in [0.15, 0.2) is 0 Å². The zero-order valence-corrected chi connectivity index (χ0v) is 9.59. The second-order valence-corrected chi connectivity index (χ2v) is 0. The minimum absolute atomic E-state index is 0. The quantitative estimate of drug-likeness (QED) is 0.493. The smallest absolute Gasteiger partial charge is 0 e. The van der Waals surface area contributed by atoms with E-state index < -0.39 is 0 Å². The average Bonchev–Trinajstić information content (AvgIpc) is 0.